The number of rotatable bonds is 6. The van der Waals surface area contributed by atoms with E-state index in [4.69, 9.17) is 17.3 Å². The molecule has 1 unspecified atom stereocenters. The zero-order valence-electron chi connectivity index (χ0n) is 22.2. The highest BCUT2D eigenvalue weighted by atomic mass is 35.5. The Morgan fingerprint density at radius 2 is 1.95 bits per heavy atom. The normalized spacial score (nSPS) is 18.4. The Kier molecular flexibility index (Phi) is 7.73. The molecule has 1 atom stereocenters. The predicted octanol–water partition coefficient (Wildman–Crippen LogP) is 6.17. The molecular weight excluding hydrogens is 564 g/mol. The first kappa shape index (κ1) is 27.9. The SMILES string of the molecule is Cc1ccccc1NC(=O)CSc1nnc(N2C(N)=C(C#N)C(c3ccccc3Cl)C3=C2CC(C)(C)CC3=O)s1. The monoisotopic (exact) mass is 590 g/mol. The van der Waals surface area contributed by atoms with Gasteiger partial charge >= 0.3 is 0 Å². The van der Waals surface area contributed by atoms with E-state index in [1.807, 2.05) is 63.2 Å². The van der Waals surface area contributed by atoms with Crippen molar-refractivity contribution in [3.8, 4) is 6.07 Å². The van der Waals surface area contributed by atoms with Crippen molar-refractivity contribution in [2.75, 3.05) is 16.0 Å². The number of nitrogens with one attached hydrogen (secondary N) is 1. The van der Waals surface area contributed by atoms with Gasteiger partial charge in [0.25, 0.3) is 0 Å². The van der Waals surface area contributed by atoms with E-state index in [9.17, 15) is 14.9 Å². The van der Waals surface area contributed by atoms with Crippen molar-refractivity contribution in [3.63, 3.8) is 0 Å². The number of hydrogen-bond donors (Lipinski definition) is 2. The molecule has 204 valence electrons. The molecular formula is C29H27ClN6O2S2. The number of carbonyl (C=O) groups is 2. The van der Waals surface area contributed by atoms with E-state index in [1.165, 1.54) is 23.1 Å². The molecule has 0 radical (unpaired) electrons. The molecule has 2 aliphatic rings. The van der Waals surface area contributed by atoms with Crippen LogP contribution in [-0.4, -0.2) is 27.6 Å². The lowest BCUT2D eigenvalue weighted by atomic mass is 9.68. The van der Waals surface area contributed by atoms with Gasteiger partial charge in [0.05, 0.1) is 23.3 Å². The Bertz CT molecular complexity index is 1620. The number of anilines is 2. The number of nitrogens with zero attached hydrogens (tertiary/aromatic N) is 4. The molecule has 0 bridgehead atoms. The summed E-state index contributed by atoms with van der Waals surface area (Å²) >= 11 is 9.08. The lowest BCUT2D eigenvalue weighted by molar-refractivity contribution is -0.118. The first-order valence-electron chi connectivity index (χ1n) is 12.6. The third-order valence-corrected chi connectivity index (χ3v) is 9.32. The number of thioether (sulfide) groups is 1. The minimum Gasteiger partial charge on any atom is -0.384 e. The van der Waals surface area contributed by atoms with Gasteiger partial charge in [0.15, 0.2) is 10.1 Å². The molecule has 8 nitrogen and oxygen atoms in total. The molecule has 1 aliphatic carbocycles. The number of benzene rings is 2. The fraction of sp³-hybridized carbons (Fsp3) is 0.276. The number of allylic oxidation sites excluding steroid dienone is 3. The van der Waals surface area contributed by atoms with Crippen LogP contribution in [0.5, 0.6) is 0 Å². The second-order valence-corrected chi connectivity index (χ2v) is 13.1. The van der Waals surface area contributed by atoms with Gasteiger partial charge in [-0.2, -0.15) is 5.26 Å². The zero-order valence-corrected chi connectivity index (χ0v) is 24.6. The zero-order chi connectivity index (χ0) is 28.6. The Labute approximate surface area is 245 Å². The Morgan fingerprint density at radius 3 is 2.67 bits per heavy atom. The first-order valence-corrected chi connectivity index (χ1v) is 14.8. The molecule has 1 aliphatic heterocycles. The van der Waals surface area contributed by atoms with Gasteiger partial charge in [-0.3, -0.25) is 14.5 Å². The molecule has 3 N–H and O–H groups in total. The van der Waals surface area contributed by atoms with Crippen LogP contribution in [0.15, 0.2) is 75.5 Å². The Morgan fingerprint density at radius 1 is 1.23 bits per heavy atom. The number of Topliss-reactive ketones (excluding diaryl/α,β-unsaturated/α-hetero) is 1. The summed E-state index contributed by atoms with van der Waals surface area (Å²) in [6.45, 7) is 6.00. The van der Waals surface area contributed by atoms with Crippen molar-refractivity contribution in [1.29, 1.82) is 5.26 Å². The van der Waals surface area contributed by atoms with E-state index in [0.717, 1.165) is 11.3 Å². The van der Waals surface area contributed by atoms with Gasteiger partial charge in [-0.25, -0.2) is 0 Å². The van der Waals surface area contributed by atoms with Crippen LogP contribution in [0.2, 0.25) is 5.02 Å². The van der Waals surface area contributed by atoms with Crippen LogP contribution >= 0.6 is 34.7 Å². The van der Waals surface area contributed by atoms with E-state index in [2.05, 4.69) is 21.6 Å². The highest BCUT2D eigenvalue weighted by Gasteiger charge is 2.45. The summed E-state index contributed by atoms with van der Waals surface area (Å²) in [7, 11) is 0. The standard InChI is InChI=1S/C29H27ClN6O2S2/c1-16-8-4-7-11-20(16)33-23(38)15-39-28-35-34-27(40-28)36-21-12-29(2,3)13-22(37)25(21)24(18(14-31)26(36)32)17-9-5-6-10-19(17)30/h4-11,24H,12-13,15,32H2,1-3H3,(H,33,38). The largest absolute Gasteiger partial charge is 0.384 e. The molecule has 11 heteroatoms. The number of amides is 1. The molecule has 0 spiro atoms. The summed E-state index contributed by atoms with van der Waals surface area (Å²) in [6, 6.07) is 17.0. The van der Waals surface area contributed by atoms with E-state index < -0.39 is 5.92 Å². The first-order chi connectivity index (χ1) is 19.1. The van der Waals surface area contributed by atoms with Gasteiger partial charge in [-0.05, 0) is 42.0 Å². The quantitative estimate of drug-likeness (QED) is 0.326. The van der Waals surface area contributed by atoms with Crippen molar-refractivity contribution >= 4 is 57.2 Å². The maximum atomic E-state index is 13.7. The maximum absolute atomic E-state index is 13.7. The number of halogens is 1. The number of aryl methyl sites for hydroxylation is 1. The van der Waals surface area contributed by atoms with Gasteiger partial charge in [0, 0.05) is 28.4 Å². The van der Waals surface area contributed by atoms with E-state index >= 15 is 0 Å². The van der Waals surface area contributed by atoms with Crippen LogP contribution in [0, 0.1) is 23.7 Å². The number of nitrogens with two attached hydrogens (primary N) is 1. The van der Waals surface area contributed by atoms with Crippen LogP contribution in [0.4, 0.5) is 10.8 Å². The maximum Gasteiger partial charge on any atom is 0.234 e. The number of carbonyl (C=O) groups excluding carboxylic acids is 2. The molecule has 3 aromatic rings. The average molecular weight is 591 g/mol. The average Bonchev–Trinajstić information content (AvgIpc) is 3.36. The number of ketones is 1. The van der Waals surface area contributed by atoms with Gasteiger partial charge in [0.1, 0.15) is 5.82 Å². The number of hydrogen-bond acceptors (Lipinski definition) is 9. The highest BCUT2D eigenvalue weighted by Crippen LogP contribution is 2.51. The molecule has 2 heterocycles. The molecule has 0 saturated carbocycles. The fourth-order valence-electron chi connectivity index (χ4n) is 5.13. The Balaban J connectivity index is 1.48. The van der Waals surface area contributed by atoms with Gasteiger partial charge < -0.3 is 11.1 Å². The van der Waals surface area contributed by atoms with Crippen molar-refractivity contribution < 1.29 is 9.59 Å². The molecule has 1 aromatic heterocycles. The van der Waals surface area contributed by atoms with E-state index in [0.29, 0.717) is 44.2 Å². The lowest BCUT2D eigenvalue weighted by Gasteiger charge is -2.42. The van der Waals surface area contributed by atoms with Gasteiger partial charge in [0.2, 0.25) is 11.0 Å². The van der Waals surface area contributed by atoms with Crippen molar-refractivity contribution in [3.05, 3.63) is 87.3 Å². The van der Waals surface area contributed by atoms with Crippen LogP contribution in [0.3, 0.4) is 0 Å². The second-order valence-electron chi connectivity index (χ2n) is 10.5. The van der Waals surface area contributed by atoms with Gasteiger partial charge in [-0.1, -0.05) is 84.9 Å². The van der Waals surface area contributed by atoms with Crippen molar-refractivity contribution in [2.45, 2.75) is 43.9 Å². The summed E-state index contributed by atoms with van der Waals surface area (Å²) in [5.41, 5.74) is 10.2. The molecule has 5 rings (SSSR count). The minimum atomic E-state index is -0.666. The summed E-state index contributed by atoms with van der Waals surface area (Å²) in [4.78, 5) is 27.9. The molecule has 1 amide bonds. The van der Waals surface area contributed by atoms with Crippen LogP contribution in [-0.2, 0) is 9.59 Å². The lowest BCUT2D eigenvalue weighted by Crippen LogP contribution is -2.42. The van der Waals surface area contributed by atoms with Crippen LogP contribution < -0.4 is 16.0 Å². The summed E-state index contributed by atoms with van der Waals surface area (Å²) in [6.07, 6.45) is 0.891. The smallest absolute Gasteiger partial charge is 0.234 e. The summed E-state index contributed by atoms with van der Waals surface area (Å²) < 4.78 is 0.568. The third kappa shape index (κ3) is 5.37. The number of para-hydroxylation sites is 1. The topological polar surface area (TPSA) is 125 Å². The van der Waals surface area contributed by atoms with Crippen LogP contribution in [0.1, 0.15) is 43.7 Å². The van der Waals surface area contributed by atoms with Gasteiger partial charge in [-0.15, -0.1) is 10.2 Å². The van der Waals surface area contributed by atoms with Crippen molar-refractivity contribution in [2.24, 2.45) is 11.1 Å². The second kappa shape index (κ2) is 11.1. The summed E-state index contributed by atoms with van der Waals surface area (Å²) in [5, 5.41) is 22.7. The number of nitriles is 1. The fourth-order valence-corrected chi connectivity index (χ4v) is 7.05. The van der Waals surface area contributed by atoms with Crippen LogP contribution in [0.25, 0.3) is 0 Å². The van der Waals surface area contributed by atoms with E-state index in [1.54, 1.807) is 11.0 Å². The third-order valence-electron chi connectivity index (χ3n) is 6.93. The molecule has 2 aromatic carbocycles. The number of aromatic nitrogens is 2. The molecule has 0 fully saturated rings. The minimum absolute atomic E-state index is 0.0478. The van der Waals surface area contributed by atoms with E-state index in [-0.39, 0.29) is 34.3 Å². The summed E-state index contributed by atoms with van der Waals surface area (Å²) in [5.74, 6) is -0.533. The molecule has 0 saturated heterocycles. The highest BCUT2D eigenvalue weighted by molar-refractivity contribution is 8.01. The predicted molar refractivity (Wildman–Crippen MR) is 159 cm³/mol. The van der Waals surface area contributed by atoms with Crippen molar-refractivity contribution in [1.82, 2.24) is 10.2 Å². The Hall–Kier alpha value is -3.65. The molecule has 40 heavy (non-hydrogen) atoms.